The topological polar surface area (TPSA) is 27.7 Å². The van der Waals surface area contributed by atoms with Crippen LogP contribution in [-0.4, -0.2) is 26.7 Å². The fourth-order valence-corrected chi connectivity index (χ4v) is 2.80. The van der Waals surface area contributed by atoms with E-state index in [-0.39, 0.29) is 6.04 Å². The molecular formula is C19H22ClN3O. The fraction of sp³-hybridized carbons (Fsp3) is 0.263. The molecule has 0 aliphatic carbocycles. The summed E-state index contributed by atoms with van der Waals surface area (Å²) in [6.07, 6.45) is 2.06. The molecular weight excluding hydrogens is 322 g/mol. The number of hydrazine groups is 1. The molecule has 2 aromatic rings. The maximum Gasteiger partial charge on any atom is 0.121 e. The summed E-state index contributed by atoms with van der Waals surface area (Å²) in [6.45, 7) is 2.65. The first kappa shape index (κ1) is 16.7. The van der Waals surface area contributed by atoms with Crippen LogP contribution in [0, 0.1) is 0 Å². The summed E-state index contributed by atoms with van der Waals surface area (Å²) in [4.78, 5) is 2.06. The normalized spacial score (nSPS) is 16.9. The highest BCUT2D eigenvalue weighted by atomic mass is 35.5. The van der Waals surface area contributed by atoms with Crippen LogP contribution in [-0.2, 0) is 0 Å². The molecule has 0 saturated carbocycles. The molecule has 1 aliphatic heterocycles. The van der Waals surface area contributed by atoms with Gasteiger partial charge in [0.25, 0.3) is 0 Å². The highest BCUT2D eigenvalue weighted by Gasteiger charge is 2.22. The second-order valence-electron chi connectivity index (χ2n) is 6.06. The van der Waals surface area contributed by atoms with E-state index >= 15 is 0 Å². The third kappa shape index (κ3) is 3.66. The molecule has 0 saturated heterocycles. The van der Waals surface area contributed by atoms with E-state index in [4.69, 9.17) is 16.3 Å². The third-order valence-corrected chi connectivity index (χ3v) is 4.35. The van der Waals surface area contributed by atoms with Crippen molar-refractivity contribution in [2.45, 2.75) is 13.0 Å². The number of nitrogens with zero attached hydrogens (tertiary/aromatic N) is 2. The van der Waals surface area contributed by atoms with Crippen molar-refractivity contribution < 1.29 is 4.74 Å². The lowest BCUT2D eigenvalue weighted by Crippen LogP contribution is -2.34. The Balaban J connectivity index is 1.70. The van der Waals surface area contributed by atoms with E-state index in [1.807, 2.05) is 61.6 Å². The summed E-state index contributed by atoms with van der Waals surface area (Å²) in [5.74, 6) is 0.866. The van der Waals surface area contributed by atoms with Gasteiger partial charge in [0.2, 0.25) is 0 Å². The van der Waals surface area contributed by atoms with Gasteiger partial charge in [0, 0.05) is 43.7 Å². The van der Waals surface area contributed by atoms with Gasteiger partial charge in [-0.05, 0) is 31.2 Å². The summed E-state index contributed by atoms with van der Waals surface area (Å²) in [6, 6.07) is 16.1. The van der Waals surface area contributed by atoms with Crippen LogP contribution in [0.15, 0.2) is 60.3 Å². The lowest BCUT2D eigenvalue weighted by molar-refractivity contribution is 0.344. The van der Waals surface area contributed by atoms with Crippen LogP contribution in [0.2, 0.25) is 5.02 Å². The van der Waals surface area contributed by atoms with E-state index in [9.17, 15) is 0 Å². The van der Waals surface area contributed by atoms with E-state index in [1.54, 1.807) is 0 Å². The average molecular weight is 344 g/mol. The number of rotatable bonds is 5. The minimum Gasteiger partial charge on any atom is -0.489 e. The van der Waals surface area contributed by atoms with Gasteiger partial charge in [-0.1, -0.05) is 29.8 Å². The van der Waals surface area contributed by atoms with E-state index in [0.717, 1.165) is 17.1 Å². The smallest absolute Gasteiger partial charge is 0.121 e. The first-order chi connectivity index (χ1) is 11.5. The van der Waals surface area contributed by atoms with Gasteiger partial charge in [0.05, 0.1) is 10.7 Å². The first-order valence-corrected chi connectivity index (χ1v) is 8.33. The first-order valence-electron chi connectivity index (χ1n) is 7.95. The zero-order chi connectivity index (χ0) is 17.1. The molecule has 1 heterocycles. The summed E-state index contributed by atoms with van der Waals surface area (Å²) < 4.78 is 5.97. The molecule has 1 aliphatic rings. The second kappa shape index (κ2) is 7.16. The number of ether oxygens (including phenoxy) is 1. The average Bonchev–Trinajstić information content (AvgIpc) is 2.94. The number of hydrogen-bond acceptors (Lipinski definition) is 4. The summed E-state index contributed by atoms with van der Waals surface area (Å²) >= 11 is 6.27. The van der Waals surface area contributed by atoms with Crippen LogP contribution < -0.4 is 20.1 Å². The Kier molecular flexibility index (Phi) is 4.97. The van der Waals surface area contributed by atoms with Gasteiger partial charge in [-0.3, -0.25) is 5.01 Å². The SMILES string of the molecule is CC1NN(c2ccccc2Cl)C=C1COc1cccc(N(C)C)c1. The van der Waals surface area contributed by atoms with Gasteiger partial charge in [-0.2, -0.15) is 0 Å². The summed E-state index contributed by atoms with van der Waals surface area (Å²) in [5.41, 5.74) is 6.63. The highest BCUT2D eigenvalue weighted by Crippen LogP contribution is 2.28. The number of benzene rings is 2. The maximum absolute atomic E-state index is 6.27. The third-order valence-electron chi connectivity index (χ3n) is 4.04. The molecule has 0 fully saturated rings. The van der Waals surface area contributed by atoms with Crippen molar-refractivity contribution in [2.75, 3.05) is 30.6 Å². The van der Waals surface area contributed by atoms with Crippen molar-refractivity contribution in [3.8, 4) is 5.75 Å². The van der Waals surface area contributed by atoms with Crippen LogP contribution in [0.1, 0.15) is 6.92 Å². The van der Waals surface area contributed by atoms with Crippen LogP contribution in [0.4, 0.5) is 11.4 Å². The number of halogens is 1. The Morgan fingerprint density at radius 3 is 2.71 bits per heavy atom. The molecule has 0 spiro atoms. The summed E-state index contributed by atoms with van der Waals surface area (Å²) in [5, 5.41) is 2.68. The van der Waals surface area contributed by atoms with Crippen molar-refractivity contribution in [3.05, 3.63) is 65.3 Å². The number of nitrogens with one attached hydrogen (secondary N) is 1. The van der Waals surface area contributed by atoms with Crippen molar-refractivity contribution in [3.63, 3.8) is 0 Å². The minimum absolute atomic E-state index is 0.193. The quantitative estimate of drug-likeness (QED) is 0.885. The monoisotopic (exact) mass is 343 g/mol. The van der Waals surface area contributed by atoms with E-state index in [1.165, 1.54) is 5.57 Å². The molecule has 0 aromatic heterocycles. The largest absolute Gasteiger partial charge is 0.489 e. The Bertz CT molecular complexity index is 745. The predicted molar refractivity (Wildman–Crippen MR) is 101 cm³/mol. The Morgan fingerprint density at radius 2 is 1.96 bits per heavy atom. The zero-order valence-corrected chi connectivity index (χ0v) is 14.9. The van der Waals surface area contributed by atoms with Crippen LogP contribution in [0.25, 0.3) is 0 Å². The Labute approximate surface area is 148 Å². The van der Waals surface area contributed by atoms with Crippen LogP contribution >= 0.6 is 11.6 Å². The molecule has 1 unspecified atom stereocenters. The van der Waals surface area contributed by atoms with E-state index in [0.29, 0.717) is 11.6 Å². The Morgan fingerprint density at radius 1 is 1.17 bits per heavy atom. The molecule has 5 heteroatoms. The molecule has 126 valence electrons. The van der Waals surface area contributed by atoms with Gasteiger partial charge in [-0.25, -0.2) is 5.43 Å². The van der Waals surface area contributed by atoms with Gasteiger partial charge in [-0.15, -0.1) is 0 Å². The second-order valence-corrected chi connectivity index (χ2v) is 6.46. The van der Waals surface area contributed by atoms with E-state index in [2.05, 4.69) is 29.5 Å². The minimum atomic E-state index is 0.193. The zero-order valence-electron chi connectivity index (χ0n) is 14.2. The molecule has 4 nitrogen and oxygen atoms in total. The van der Waals surface area contributed by atoms with Crippen LogP contribution in [0.3, 0.4) is 0 Å². The maximum atomic E-state index is 6.27. The van der Waals surface area contributed by atoms with Crippen molar-refractivity contribution in [1.82, 2.24) is 5.43 Å². The van der Waals surface area contributed by atoms with Gasteiger partial charge >= 0.3 is 0 Å². The van der Waals surface area contributed by atoms with Gasteiger partial charge in [0.1, 0.15) is 12.4 Å². The molecule has 1 atom stereocenters. The van der Waals surface area contributed by atoms with E-state index < -0.39 is 0 Å². The summed E-state index contributed by atoms with van der Waals surface area (Å²) in [7, 11) is 4.04. The standard InChI is InChI=1S/C19H22ClN3O/c1-14-15(12-23(21-14)19-10-5-4-9-18(19)20)13-24-17-8-6-7-16(11-17)22(2)3/h4-12,14,21H,13H2,1-3H3. The lowest BCUT2D eigenvalue weighted by Gasteiger charge is -2.19. The Hall–Kier alpha value is -2.17. The number of anilines is 2. The molecule has 1 N–H and O–H groups in total. The molecule has 24 heavy (non-hydrogen) atoms. The van der Waals surface area contributed by atoms with Gasteiger partial charge in [0.15, 0.2) is 0 Å². The molecule has 0 amide bonds. The molecule has 0 radical (unpaired) electrons. The highest BCUT2D eigenvalue weighted by molar-refractivity contribution is 6.33. The lowest BCUT2D eigenvalue weighted by atomic mass is 10.2. The number of hydrogen-bond donors (Lipinski definition) is 1. The fourth-order valence-electron chi connectivity index (χ4n) is 2.57. The van der Waals surface area contributed by atoms with Crippen molar-refractivity contribution in [1.29, 1.82) is 0 Å². The number of para-hydroxylation sites is 1. The predicted octanol–water partition coefficient (Wildman–Crippen LogP) is 4.08. The van der Waals surface area contributed by atoms with Crippen molar-refractivity contribution in [2.24, 2.45) is 0 Å². The molecule has 0 bridgehead atoms. The van der Waals surface area contributed by atoms with Crippen LogP contribution in [0.5, 0.6) is 5.75 Å². The van der Waals surface area contributed by atoms with Crippen molar-refractivity contribution >= 4 is 23.0 Å². The molecule has 3 rings (SSSR count). The van der Waals surface area contributed by atoms with Gasteiger partial charge < -0.3 is 9.64 Å². The molecule has 2 aromatic carbocycles.